The van der Waals surface area contributed by atoms with Crippen LogP contribution in [-0.2, 0) is 17.9 Å². The number of thiophene rings is 1. The fourth-order valence-electron chi connectivity index (χ4n) is 1.96. The van der Waals surface area contributed by atoms with Crippen LogP contribution in [0.1, 0.15) is 17.6 Å². The second kappa shape index (κ2) is 7.47. The van der Waals surface area contributed by atoms with Crippen LogP contribution in [0.15, 0.2) is 51.8 Å². The van der Waals surface area contributed by atoms with Gasteiger partial charge in [0, 0.05) is 4.88 Å². The molecule has 3 aromatic heterocycles. The molecule has 0 spiro atoms. The Hall–Kier alpha value is -2.06. The zero-order chi connectivity index (χ0) is 16.1. The average Bonchev–Trinajstić information content (AvgIpc) is 3.28. The summed E-state index contributed by atoms with van der Waals surface area (Å²) in [6, 6.07) is 7.71. The van der Waals surface area contributed by atoms with Gasteiger partial charge in [0.25, 0.3) is 0 Å². The molecule has 1 N–H and O–H groups in total. The van der Waals surface area contributed by atoms with E-state index in [-0.39, 0.29) is 11.2 Å². The highest BCUT2D eigenvalue weighted by Crippen LogP contribution is 2.22. The van der Waals surface area contributed by atoms with Crippen LogP contribution >= 0.6 is 23.1 Å². The van der Waals surface area contributed by atoms with E-state index in [1.54, 1.807) is 23.9 Å². The normalized spacial score (nSPS) is 12.2. The summed E-state index contributed by atoms with van der Waals surface area (Å²) in [5.41, 5.74) is 0. The topological polar surface area (TPSA) is 73.0 Å². The average molecular weight is 348 g/mol. The molecule has 8 heteroatoms. The number of furan rings is 1. The lowest BCUT2D eigenvalue weighted by Gasteiger charge is -2.11. The molecule has 1 atom stereocenters. The maximum absolute atomic E-state index is 12.2. The Morgan fingerprint density at radius 3 is 3.13 bits per heavy atom. The minimum absolute atomic E-state index is 0.0176. The molecule has 0 aliphatic heterocycles. The molecule has 3 aromatic rings. The monoisotopic (exact) mass is 348 g/mol. The van der Waals surface area contributed by atoms with Crippen LogP contribution in [-0.4, -0.2) is 25.9 Å². The largest absolute Gasteiger partial charge is 0.467 e. The standard InChI is InChI=1S/C15H16N4O2S2/c1-11(14(20)16-8-13-5-3-7-22-13)23-15-18-17-10-19(15)9-12-4-2-6-21-12/h2-7,10-11H,8-9H2,1H3,(H,16,20)/t11-/m0/s1. The number of aromatic nitrogens is 3. The molecule has 1 amide bonds. The van der Waals surface area contributed by atoms with Gasteiger partial charge in [-0.1, -0.05) is 17.8 Å². The number of hydrogen-bond acceptors (Lipinski definition) is 6. The first-order valence-corrected chi connectivity index (χ1v) is 8.85. The van der Waals surface area contributed by atoms with Crippen molar-refractivity contribution < 1.29 is 9.21 Å². The van der Waals surface area contributed by atoms with Crippen molar-refractivity contribution in [1.82, 2.24) is 20.1 Å². The van der Waals surface area contributed by atoms with Gasteiger partial charge in [0.15, 0.2) is 5.16 Å². The summed E-state index contributed by atoms with van der Waals surface area (Å²) in [7, 11) is 0. The quantitative estimate of drug-likeness (QED) is 0.665. The van der Waals surface area contributed by atoms with Crippen molar-refractivity contribution in [1.29, 1.82) is 0 Å². The lowest BCUT2D eigenvalue weighted by Crippen LogP contribution is -2.30. The van der Waals surface area contributed by atoms with Gasteiger partial charge < -0.3 is 14.3 Å². The molecular formula is C15H16N4O2S2. The van der Waals surface area contributed by atoms with E-state index in [4.69, 9.17) is 4.42 Å². The van der Waals surface area contributed by atoms with Gasteiger partial charge >= 0.3 is 0 Å². The third-order valence-corrected chi connectivity index (χ3v) is 5.13. The smallest absolute Gasteiger partial charge is 0.233 e. The number of carbonyl (C=O) groups excluding carboxylic acids is 1. The van der Waals surface area contributed by atoms with Crippen LogP contribution < -0.4 is 5.32 Å². The number of carbonyl (C=O) groups is 1. The Balaban J connectivity index is 1.56. The van der Waals surface area contributed by atoms with Crippen molar-refractivity contribution >= 4 is 29.0 Å². The molecule has 0 saturated heterocycles. The summed E-state index contributed by atoms with van der Waals surface area (Å²) in [6.45, 7) is 2.96. The number of amides is 1. The molecule has 0 aliphatic rings. The third kappa shape index (κ3) is 4.23. The van der Waals surface area contributed by atoms with Crippen LogP contribution in [0.4, 0.5) is 0 Å². The number of hydrogen-bond donors (Lipinski definition) is 1. The van der Waals surface area contributed by atoms with Crippen molar-refractivity contribution in [2.45, 2.75) is 30.4 Å². The van der Waals surface area contributed by atoms with E-state index in [2.05, 4.69) is 15.5 Å². The first-order valence-electron chi connectivity index (χ1n) is 7.09. The van der Waals surface area contributed by atoms with Gasteiger partial charge in [-0.15, -0.1) is 21.5 Å². The van der Waals surface area contributed by atoms with E-state index >= 15 is 0 Å². The highest BCUT2D eigenvalue weighted by atomic mass is 32.2. The zero-order valence-corrected chi connectivity index (χ0v) is 14.1. The highest BCUT2D eigenvalue weighted by Gasteiger charge is 2.18. The summed E-state index contributed by atoms with van der Waals surface area (Å²) < 4.78 is 7.20. The van der Waals surface area contributed by atoms with Gasteiger partial charge in [0.2, 0.25) is 5.91 Å². The second-order valence-corrected chi connectivity index (χ2v) is 7.22. The minimum atomic E-state index is -0.255. The molecule has 0 unspecified atom stereocenters. The number of thioether (sulfide) groups is 1. The van der Waals surface area contributed by atoms with Crippen LogP contribution in [0.2, 0.25) is 0 Å². The summed E-state index contributed by atoms with van der Waals surface area (Å²) in [6.07, 6.45) is 3.27. The molecule has 0 aliphatic carbocycles. The molecule has 120 valence electrons. The summed E-state index contributed by atoms with van der Waals surface area (Å²) in [5.74, 6) is 0.803. The number of rotatable bonds is 7. The van der Waals surface area contributed by atoms with Crippen molar-refractivity contribution in [2.75, 3.05) is 0 Å². The molecule has 3 heterocycles. The van der Waals surface area contributed by atoms with Crippen molar-refractivity contribution in [3.05, 3.63) is 52.9 Å². The molecule has 3 rings (SSSR count). The summed E-state index contributed by atoms with van der Waals surface area (Å²) >= 11 is 3.01. The Morgan fingerprint density at radius 1 is 1.48 bits per heavy atom. The second-order valence-electron chi connectivity index (χ2n) is 4.88. The van der Waals surface area contributed by atoms with Gasteiger partial charge in [0.05, 0.1) is 24.6 Å². The van der Waals surface area contributed by atoms with Crippen molar-refractivity contribution in [3.63, 3.8) is 0 Å². The minimum Gasteiger partial charge on any atom is -0.467 e. The predicted molar refractivity (Wildman–Crippen MR) is 89.3 cm³/mol. The SMILES string of the molecule is C[C@H](Sc1nncn1Cc1ccco1)C(=O)NCc1cccs1. The highest BCUT2D eigenvalue weighted by molar-refractivity contribution is 8.00. The van der Waals surface area contributed by atoms with Crippen molar-refractivity contribution in [2.24, 2.45) is 0 Å². The summed E-state index contributed by atoms with van der Waals surface area (Å²) in [5, 5.41) is 13.4. The maximum Gasteiger partial charge on any atom is 0.233 e. The van der Waals surface area contributed by atoms with E-state index in [1.165, 1.54) is 11.8 Å². The third-order valence-electron chi connectivity index (χ3n) is 3.15. The Labute approximate surface area is 141 Å². The molecule has 6 nitrogen and oxygen atoms in total. The lowest BCUT2D eigenvalue weighted by atomic mass is 10.4. The van der Waals surface area contributed by atoms with E-state index in [0.717, 1.165) is 10.6 Å². The van der Waals surface area contributed by atoms with Crippen LogP contribution in [0.3, 0.4) is 0 Å². The van der Waals surface area contributed by atoms with Crippen LogP contribution in [0.25, 0.3) is 0 Å². The van der Waals surface area contributed by atoms with E-state index < -0.39 is 0 Å². The molecule has 0 radical (unpaired) electrons. The summed E-state index contributed by atoms with van der Waals surface area (Å²) in [4.78, 5) is 13.3. The van der Waals surface area contributed by atoms with Crippen molar-refractivity contribution in [3.8, 4) is 0 Å². The fraction of sp³-hybridized carbons (Fsp3) is 0.267. The molecule has 0 aromatic carbocycles. The number of nitrogens with one attached hydrogen (secondary N) is 1. The first kappa shape index (κ1) is 15.8. The van der Waals surface area contributed by atoms with Gasteiger partial charge in [-0.05, 0) is 30.5 Å². The molecule has 23 heavy (non-hydrogen) atoms. The maximum atomic E-state index is 12.2. The lowest BCUT2D eigenvalue weighted by molar-refractivity contribution is -0.120. The Kier molecular flexibility index (Phi) is 5.14. The molecule has 0 saturated carbocycles. The number of nitrogens with zero attached hydrogens (tertiary/aromatic N) is 3. The Morgan fingerprint density at radius 2 is 2.39 bits per heavy atom. The van der Waals surface area contributed by atoms with Crippen LogP contribution in [0.5, 0.6) is 0 Å². The van der Waals surface area contributed by atoms with Gasteiger partial charge in [-0.25, -0.2) is 0 Å². The van der Waals surface area contributed by atoms with Gasteiger partial charge in [0.1, 0.15) is 12.1 Å². The molecule has 0 fully saturated rings. The van der Waals surface area contributed by atoms with Gasteiger partial charge in [-0.2, -0.15) is 0 Å². The van der Waals surface area contributed by atoms with E-state index in [1.807, 2.05) is 41.1 Å². The molecular weight excluding hydrogens is 332 g/mol. The first-order chi connectivity index (χ1) is 11.2. The van der Waals surface area contributed by atoms with E-state index in [0.29, 0.717) is 18.2 Å². The predicted octanol–water partition coefficient (Wildman–Crippen LogP) is 2.78. The van der Waals surface area contributed by atoms with E-state index in [9.17, 15) is 4.79 Å². The fourth-order valence-corrected chi connectivity index (χ4v) is 3.45. The Bertz CT molecular complexity index is 737. The zero-order valence-electron chi connectivity index (χ0n) is 12.5. The van der Waals surface area contributed by atoms with Gasteiger partial charge in [-0.3, -0.25) is 4.79 Å². The molecule has 0 bridgehead atoms. The van der Waals surface area contributed by atoms with Crippen LogP contribution in [0, 0.1) is 0 Å².